The molecule has 2 saturated heterocycles. The van der Waals surface area contributed by atoms with Crippen LogP contribution in [0.4, 0.5) is 4.39 Å². The highest BCUT2D eigenvalue weighted by Crippen LogP contribution is 2.30. The van der Waals surface area contributed by atoms with Gasteiger partial charge in [-0.05, 0) is 24.5 Å². The molecule has 0 radical (unpaired) electrons. The second-order valence-electron chi connectivity index (χ2n) is 6.88. The summed E-state index contributed by atoms with van der Waals surface area (Å²) in [5.74, 6) is -0.830. The van der Waals surface area contributed by atoms with Crippen molar-refractivity contribution in [3.05, 3.63) is 34.1 Å². The Morgan fingerprint density at radius 2 is 2.00 bits per heavy atom. The fraction of sp³-hybridized carbons (Fsp3) is 0.611. The minimum Gasteiger partial charge on any atom is -0.396 e. The van der Waals surface area contributed by atoms with Crippen LogP contribution in [-0.4, -0.2) is 73.4 Å². The Hall–Kier alpha value is -1.21. The van der Waals surface area contributed by atoms with Crippen LogP contribution in [0.25, 0.3) is 0 Å². The summed E-state index contributed by atoms with van der Waals surface area (Å²) in [6, 6.07) is 2.84. The van der Waals surface area contributed by atoms with E-state index in [0.717, 1.165) is 19.6 Å². The molecule has 25 heavy (non-hydrogen) atoms. The predicted molar refractivity (Wildman–Crippen MR) is 93.4 cm³/mol. The van der Waals surface area contributed by atoms with Crippen LogP contribution in [0.15, 0.2) is 12.1 Å². The highest BCUT2D eigenvalue weighted by Gasteiger charge is 2.37. The fourth-order valence-corrected chi connectivity index (χ4v) is 3.88. The molecule has 0 unspecified atom stereocenters. The maximum absolute atomic E-state index is 14.2. The molecule has 3 rings (SSSR count). The standard InChI is InChI=1S/C18H24ClFN2O3/c1-12-2-3-15(20)16(17(12)19)18(24)22-9-13(14(10-22)11-23)8-21-4-6-25-7-5-21/h2-3,13-14,23H,4-11H2,1H3/t13-,14-/m1/s1. The number of morpholine rings is 1. The zero-order chi connectivity index (χ0) is 18.0. The van der Waals surface area contributed by atoms with Gasteiger partial charge in [0.15, 0.2) is 0 Å². The first-order valence-corrected chi connectivity index (χ1v) is 9.04. The number of aliphatic hydroxyl groups excluding tert-OH is 1. The van der Waals surface area contributed by atoms with Crippen molar-refractivity contribution >= 4 is 17.5 Å². The molecule has 5 nitrogen and oxygen atoms in total. The van der Waals surface area contributed by atoms with Gasteiger partial charge in [-0.15, -0.1) is 0 Å². The van der Waals surface area contributed by atoms with Gasteiger partial charge in [-0.25, -0.2) is 4.39 Å². The summed E-state index contributed by atoms with van der Waals surface area (Å²) < 4.78 is 19.5. The predicted octanol–water partition coefficient (Wildman–Crippen LogP) is 1.80. The molecule has 138 valence electrons. The molecular weight excluding hydrogens is 347 g/mol. The van der Waals surface area contributed by atoms with E-state index in [1.807, 2.05) is 0 Å². The molecular formula is C18H24ClFN2O3. The average molecular weight is 371 g/mol. The van der Waals surface area contributed by atoms with Crippen LogP contribution in [-0.2, 0) is 4.74 Å². The van der Waals surface area contributed by atoms with Crippen LogP contribution >= 0.6 is 11.6 Å². The van der Waals surface area contributed by atoms with E-state index in [1.54, 1.807) is 17.9 Å². The van der Waals surface area contributed by atoms with Crippen LogP contribution in [0, 0.1) is 24.6 Å². The van der Waals surface area contributed by atoms with E-state index in [0.29, 0.717) is 31.9 Å². The van der Waals surface area contributed by atoms with Gasteiger partial charge in [0, 0.05) is 45.2 Å². The quantitative estimate of drug-likeness (QED) is 0.878. The van der Waals surface area contributed by atoms with Gasteiger partial charge in [0.25, 0.3) is 5.91 Å². The molecule has 0 aliphatic carbocycles. The summed E-state index contributed by atoms with van der Waals surface area (Å²) in [6.45, 7) is 6.65. The molecule has 2 heterocycles. The smallest absolute Gasteiger partial charge is 0.258 e. The number of benzene rings is 1. The van der Waals surface area contributed by atoms with Gasteiger partial charge in [0.2, 0.25) is 0 Å². The van der Waals surface area contributed by atoms with Crippen LogP contribution < -0.4 is 0 Å². The normalized spacial score (nSPS) is 24.7. The number of amides is 1. The minimum absolute atomic E-state index is 0.00144. The summed E-state index contributed by atoms with van der Waals surface area (Å²) >= 11 is 6.18. The lowest BCUT2D eigenvalue weighted by atomic mass is 9.96. The van der Waals surface area contributed by atoms with Gasteiger partial charge in [0.05, 0.1) is 23.8 Å². The highest BCUT2D eigenvalue weighted by atomic mass is 35.5. The summed E-state index contributed by atoms with van der Waals surface area (Å²) in [7, 11) is 0. The molecule has 2 fully saturated rings. The number of likely N-dealkylation sites (tertiary alicyclic amines) is 1. The molecule has 2 atom stereocenters. The molecule has 1 aromatic carbocycles. The first-order chi connectivity index (χ1) is 12.0. The maximum atomic E-state index is 14.2. The van der Waals surface area contributed by atoms with E-state index in [4.69, 9.17) is 16.3 Å². The molecule has 1 amide bonds. The summed E-state index contributed by atoms with van der Waals surface area (Å²) in [4.78, 5) is 16.7. The number of aryl methyl sites for hydroxylation is 1. The second-order valence-corrected chi connectivity index (χ2v) is 7.26. The highest BCUT2D eigenvalue weighted by molar-refractivity contribution is 6.34. The molecule has 1 aromatic rings. The number of carbonyl (C=O) groups is 1. The Labute approximate surface area is 152 Å². The zero-order valence-electron chi connectivity index (χ0n) is 14.4. The maximum Gasteiger partial charge on any atom is 0.258 e. The van der Waals surface area contributed by atoms with Crippen molar-refractivity contribution in [3.8, 4) is 0 Å². The Kier molecular flexibility index (Phi) is 5.94. The van der Waals surface area contributed by atoms with E-state index < -0.39 is 11.7 Å². The van der Waals surface area contributed by atoms with Crippen molar-refractivity contribution < 1.29 is 19.0 Å². The van der Waals surface area contributed by atoms with Crippen molar-refractivity contribution in [2.45, 2.75) is 6.92 Å². The molecule has 2 aliphatic rings. The molecule has 2 aliphatic heterocycles. The van der Waals surface area contributed by atoms with Crippen molar-refractivity contribution in [2.24, 2.45) is 11.8 Å². The third-order valence-corrected chi connectivity index (χ3v) is 5.68. The van der Waals surface area contributed by atoms with Gasteiger partial charge in [-0.3, -0.25) is 9.69 Å². The van der Waals surface area contributed by atoms with E-state index >= 15 is 0 Å². The van der Waals surface area contributed by atoms with Gasteiger partial charge in [0.1, 0.15) is 5.82 Å². The van der Waals surface area contributed by atoms with Crippen LogP contribution in [0.1, 0.15) is 15.9 Å². The first-order valence-electron chi connectivity index (χ1n) is 8.66. The number of hydrogen-bond acceptors (Lipinski definition) is 4. The second kappa shape index (κ2) is 7.99. The van der Waals surface area contributed by atoms with Gasteiger partial charge in [-0.2, -0.15) is 0 Å². The Bertz CT molecular complexity index is 637. The van der Waals surface area contributed by atoms with E-state index in [2.05, 4.69) is 4.90 Å². The molecule has 0 bridgehead atoms. The molecule has 0 aromatic heterocycles. The minimum atomic E-state index is -0.599. The van der Waals surface area contributed by atoms with Crippen molar-refractivity contribution in [1.29, 1.82) is 0 Å². The van der Waals surface area contributed by atoms with Crippen molar-refractivity contribution in [1.82, 2.24) is 9.80 Å². The lowest BCUT2D eigenvalue weighted by Gasteiger charge is -2.30. The average Bonchev–Trinajstić information content (AvgIpc) is 3.02. The van der Waals surface area contributed by atoms with Crippen molar-refractivity contribution in [2.75, 3.05) is 52.5 Å². The van der Waals surface area contributed by atoms with E-state index in [1.165, 1.54) is 6.07 Å². The third-order valence-electron chi connectivity index (χ3n) is 5.19. The van der Waals surface area contributed by atoms with Crippen molar-refractivity contribution in [3.63, 3.8) is 0 Å². The van der Waals surface area contributed by atoms with Gasteiger partial charge >= 0.3 is 0 Å². The number of aliphatic hydroxyl groups is 1. The topological polar surface area (TPSA) is 53.0 Å². The molecule has 1 N–H and O–H groups in total. The lowest BCUT2D eigenvalue weighted by molar-refractivity contribution is 0.0264. The Balaban J connectivity index is 1.73. The Morgan fingerprint density at radius 3 is 2.68 bits per heavy atom. The first kappa shape index (κ1) is 18.6. The summed E-state index contributed by atoms with van der Waals surface area (Å²) in [5, 5.41) is 9.88. The number of hydrogen-bond donors (Lipinski definition) is 1. The van der Waals surface area contributed by atoms with Crippen LogP contribution in [0.3, 0.4) is 0 Å². The lowest BCUT2D eigenvalue weighted by Crippen LogP contribution is -2.41. The summed E-state index contributed by atoms with van der Waals surface area (Å²) in [5.41, 5.74) is 0.611. The van der Waals surface area contributed by atoms with Crippen LogP contribution in [0.5, 0.6) is 0 Å². The zero-order valence-corrected chi connectivity index (χ0v) is 15.1. The fourth-order valence-electron chi connectivity index (χ4n) is 3.64. The third kappa shape index (κ3) is 3.97. The largest absolute Gasteiger partial charge is 0.396 e. The molecule has 7 heteroatoms. The van der Waals surface area contributed by atoms with E-state index in [-0.39, 0.29) is 29.0 Å². The number of nitrogens with zero attached hydrogens (tertiary/aromatic N) is 2. The summed E-state index contributed by atoms with van der Waals surface area (Å²) in [6.07, 6.45) is 0. The number of halogens is 2. The number of carbonyl (C=O) groups excluding carboxylic acids is 1. The van der Waals surface area contributed by atoms with Gasteiger partial charge in [-0.1, -0.05) is 17.7 Å². The molecule has 0 saturated carbocycles. The van der Waals surface area contributed by atoms with E-state index in [9.17, 15) is 14.3 Å². The SMILES string of the molecule is Cc1ccc(F)c(C(=O)N2C[C@@H](CN3CCOCC3)[C@@H](CO)C2)c1Cl. The van der Waals surface area contributed by atoms with Gasteiger partial charge < -0.3 is 14.7 Å². The number of rotatable bonds is 4. The Morgan fingerprint density at radius 1 is 1.32 bits per heavy atom. The molecule has 0 spiro atoms. The van der Waals surface area contributed by atoms with Crippen LogP contribution in [0.2, 0.25) is 5.02 Å². The number of ether oxygens (including phenoxy) is 1. The monoisotopic (exact) mass is 370 g/mol.